The van der Waals surface area contributed by atoms with Crippen molar-refractivity contribution in [3.63, 3.8) is 0 Å². The molecular weight excluding hydrogens is 318 g/mol. The molecule has 21 heavy (non-hydrogen) atoms. The predicted octanol–water partition coefficient (Wildman–Crippen LogP) is 3.71. The molecule has 0 bridgehead atoms. The van der Waals surface area contributed by atoms with E-state index in [4.69, 9.17) is 23.2 Å². The number of halogens is 3. The number of benzene rings is 2. The summed E-state index contributed by atoms with van der Waals surface area (Å²) in [5.41, 5.74) is 0.104. The first-order chi connectivity index (χ1) is 9.99. The highest BCUT2D eigenvalue weighted by molar-refractivity contribution is 6.47. The average Bonchev–Trinajstić information content (AvgIpc) is 2.46. The third-order valence-corrected chi connectivity index (χ3v) is 3.35. The van der Waals surface area contributed by atoms with Crippen LogP contribution in [0.2, 0.25) is 10.0 Å². The Bertz CT molecular complexity index is 707. The molecule has 7 heteroatoms. The van der Waals surface area contributed by atoms with Gasteiger partial charge in [-0.3, -0.25) is 9.59 Å². The van der Waals surface area contributed by atoms with Gasteiger partial charge in [-0.15, -0.1) is 0 Å². The summed E-state index contributed by atoms with van der Waals surface area (Å²) in [6.45, 7) is 0. The van der Waals surface area contributed by atoms with Crippen molar-refractivity contribution in [2.45, 2.75) is 0 Å². The second-order valence-electron chi connectivity index (χ2n) is 3.99. The third-order valence-electron chi connectivity index (χ3n) is 2.53. The van der Waals surface area contributed by atoms with E-state index in [1.54, 1.807) is 12.1 Å². The summed E-state index contributed by atoms with van der Waals surface area (Å²) >= 11 is 11.7. The van der Waals surface area contributed by atoms with Gasteiger partial charge in [-0.05, 0) is 24.3 Å². The molecule has 2 N–H and O–H groups in total. The van der Waals surface area contributed by atoms with Crippen molar-refractivity contribution in [1.29, 1.82) is 0 Å². The van der Waals surface area contributed by atoms with Gasteiger partial charge >= 0.3 is 11.8 Å². The van der Waals surface area contributed by atoms with Crippen LogP contribution < -0.4 is 10.6 Å². The first-order valence-corrected chi connectivity index (χ1v) is 6.55. The van der Waals surface area contributed by atoms with E-state index in [-0.39, 0.29) is 21.4 Å². The highest BCUT2D eigenvalue weighted by atomic mass is 35.5. The zero-order chi connectivity index (χ0) is 15.4. The van der Waals surface area contributed by atoms with E-state index in [1.165, 1.54) is 30.3 Å². The van der Waals surface area contributed by atoms with Crippen LogP contribution in [0.3, 0.4) is 0 Å². The second kappa shape index (κ2) is 6.56. The molecule has 2 rings (SSSR count). The number of carbonyl (C=O) groups excluding carboxylic acids is 2. The largest absolute Gasteiger partial charge is 0.316 e. The fourth-order valence-corrected chi connectivity index (χ4v) is 1.87. The minimum atomic E-state index is -1.02. The minimum absolute atomic E-state index is 0.0881. The topological polar surface area (TPSA) is 58.2 Å². The number of hydrogen-bond donors (Lipinski definition) is 2. The van der Waals surface area contributed by atoms with Crippen LogP contribution in [0.5, 0.6) is 0 Å². The number of amides is 2. The van der Waals surface area contributed by atoms with Crippen molar-refractivity contribution in [3.05, 3.63) is 58.3 Å². The van der Waals surface area contributed by atoms with Crippen molar-refractivity contribution in [1.82, 2.24) is 0 Å². The van der Waals surface area contributed by atoms with Gasteiger partial charge in [-0.2, -0.15) is 0 Å². The van der Waals surface area contributed by atoms with Gasteiger partial charge in [0, 0.05) is 0 Å². The molecule has 0 saturated heterocycles. The molecule has 0 heterocycles. The summed E-state index contributed by atoms with van der Waals surface area (Å²) in [6, 6.07) is 10.1. The highest BCUT2D eigenvalue weighted by Gasteiger charge is 2.17. The first kappa shape index (κ1) is 15.3. The quantitative estimate of drug-likeness (QED) is 0.826. The lowest BCUT2D eigenvalue weighted by atomic mass is 10.3. The van der Waals surface area contributed by atoms with Crippen molar-refractivity contribution in [2.75, 3.05) is 10.6 Å². The Morgan fingerprint density at radius 3 is 2.10 bits per heavy atom. The number of rotatable bonds is 2. The van der Waals surface area contributed by atoms with E-state index in [9.17, 15) is 14.0 Å². The molecule has 0 unspecified atom stereocenters. The standard InChI is InChI=1S/C14H9Cl2FN2O2/c15-8-4-3-7-11(12(8)16)19-14(21)13(20)18-10-6-2-1-5-9(10)17/h1-7H,(H,18,20)(H,19,21). The third kappa shape index (κ3) is 3.71. The molecule has 0 aromatic heterocycles. The van der Waals surface area contributed by atoms with Crippen molar-refractivity contribution in [2.24, 2.45) is 0 Å². The molecule has 0 aliphatic rings. The molecule has 4 nitrogen and oxygen atoms in total. The Balaban J connectivity index is 2.08. The molecule has 0 spiro atoms. The van der Waals surface area contributed by atoms with Crippen LogP contribution in [0.1, 0.15) is 0 Å². The van der Waals surface area contributed by atoms with Crippen LogP contribution in [0.15, 0.2) is 42.5 Å². The van der Waals surface area contributed by atoms with Crippen LogP contribution in [-0.4, -0.2) is 11.8 Å². The van der Waals surface area contributed by atoms with E-state index in [1.807, 2.05) is 0 Å². The van der Waals surface area contributed by atoms with Gasteiger partial charge in [0.25, 0.3) is 0 Å². The van der Waals surface area contributed by atoms with Crippen LogP contribution in [-0.2, 0) is 9.59 Å². The number of hydrogen-bond acceptors (Lipinski definition) is 2. The molecule has 0 radical (unpaired) electrons. The van der Waals surface area contributed by atoms with Gasteiger partial charge < -0.3 is 10.6 Å². The van der Waals surface area contributed by atoms with Crippen LogP contribution >= 0.6 is 23.2 Å². The van der Waals surface area contributed by atoms with Gasteiger partial charge in [-0.25, -0.2) is 4.39 Å². The molecule has 0 atom stereocenters. The number of anilines is 2. The Morgan fingerprint density at radius 2 is 1.43 bits per heavy atom. The van der Waals surface area contributed by atoms with E-state index in [0.717, 1.165) is 0 Å². The Labute approximate surface area is 129 Å². The Kier molecular flexibility index (Phi) is 4.77. The lowest BCUT2D eigenvalue weighted by Crippen LogP contribution is -2.29. The Hall–Kier alpha value is -2.11. The summed E-state index contributed by atoms with van der Waals surface area (Å²) in [5.74, 6) is -2.64. The lowest BCUT2D eigenvalue weighted by molar-refractivity contribution is -0.133. The van der Waals surface area contributed by atoms with Crippen molar-refractivity contribution in [3.8, 4) is 0 Å². The first-order valence-electron chi connectivity index (χ1n) is 5.80. The molecular formula is C14H9Cl2FN2O2. The van der Waals surface area contributed by atoms with Gasteiger partial charge in [0.05, 0.1) is 21.4 Å². The molecule has 0 aliphatic carbocycles. The smallest absolute Gasteiger partial charge is 0.314 e. The fraction of sp³-hybridized carbons (Fsp3) is 0. The van der Waals surface area contributed by atoms with Gasteiger partial charge in [0.2, 0.25) is 0 Å². The number of carbonyl (C=O) groups is 2. The van der Waals surface area contributed by atoms with E-state index >= 15 is 0 Å². The average molecular weight is 327 g/mol. The van der Waals surface area contributed by atoms with Crippen molar-refractivity contribution >= 4 is 46.4 Å². The number of nitrogens with one attached hydrogen (secondary N) is 2. The lowest BCUT2D eigenvalue weighted by Gasteiger charge is -2.09. The Morgan fingerprint density at radius 1 is 0.857 bits per heavy atom. The van der Waals surface area contributed by atoms with E-state index < -0.39 is 17.6 Å². The zero-order valence-corrected chi connectivity index (χ0v) is 12.0. The predicted molar refractivity (Wildman–Crippen MR) is 80.1 cm³/mol. The van der Waals surface area contributed by atoms with Crippen LogP contribution in [0.4, 0.5) is 15.8 Å². The summed E-state index contributed by atoms with van der Waals surface area (Å²) in [5, 5.41) is 4.82. The second-order valence-corrected chi connectivity index (χ2v) is 4.77. The summed E-state index contributed by atoms with van der Waals surface area (Å²) in [7, 11) is 0. The molecule has 2 aromatic carbocycles. The number of para-hydroxylation sites is 1. The maximum atomic E-state index is 13.4. The van der Waals surface area contributed by atoms with Crippen molar-refractivity contribution < 1.29 is 14.0 Å². The molecule has 0 fully saturated rings. The molecule has 0 saturated carbocycles. The summed E-state index contributed by atoms with van der Waals surface area (Å²) < 4.78 is 13.4. The normalized spacial score (nSPS) is 10.0. The van der Waals surface area contributed by atoms with Crippen LogP contribution in [0.25, 0.3) is 0 Å². The van der Waals surface area contributed by atoms with Crippen LogP contribution in [0, 0.1) is 5.82 Å². The fourth-order valence-electron chi connectivity index (χ4n) is 1.52. The summed E-state index contributed by atoms with van der Waals surface area (Å²) in [4.78, 5) is 23.4. The van der Waals surface area contributed by atoms with E-state index in [0.29, 0.717) is 0 Å². The highest BCUT2D eigenvalue weighted by Crippen LogP contribution is 2.29. The molecule has 108 valence electrons. The van der Waals surface area contributed by atoms with E-state index in [2.05, 4.69) is 10.6 Å². The van der Waals surface area contributed by atoms with Gasteiger partial charge in [-0.1, -0.05) is 41.4 Å². The van der Waals surface area contributed by atoms with Gasteiger partial charge in [0.15, 0.2) is 0 Å². The maximum absolute atomic E-state index is 13.4. The zero-order valence-electron chi connectivity index (χ0n) is 10.5. The molecule has 2 aromatic rings. The maximum Gasteiger partial charge on any atom is 0.314 e. The minimum Gasteiger partial charge on any atom is -0.316 e. The molecule has 0 aliphatic heterocycles. The summed E-state index contributed by atoms with van der Waals surface area (Å²) in [6.07, 6.45) is 0. The molecule has 2 amide bonds. The monoisotopic (exact) mass is 326 g/mol. The SMILES string of the molecule is O=C(Nc1ccccc1F)C(=O)Nc1cccc(Cl)c1Cl. The van der Waals surface area contributed by atoms with Gasteiger partial charge in [0.1, 0.15) is 5.82 Å².